The number of hydrogen-bond acceptors (Lipinski definition) is 3. The van der Waals surface area contributed by atoms with Gasteiger partial charge in [-0.25, -0.2) is 10.2 Å². The predicted octanol–water partition coefficient (Wildman–Crippen LogP) is 0.933. The molecule has 0 aliphatic heterocycles. The van der Waals surface area contributed by atoms with Crippen molar-refractivity contribution in [3.63, 3.8) is 0 Å². The van der Waals surface area contributed by atoms with Gasteiger partial charge in [-0.15, -0.1) is 0 Å². The highest BCUT2D eigenvalue weighted by atomic mass is 32.2. The van der Waals surface area contributed by atoms with Crippen LogP contribution in [0.4, 0.5) is 0 Å². The lowest BCUT2D eigenvalue weighted by Gasteiger charge is -1.95. The Balaban J connectivity index is 2.63. The topological polar surface area (TPSA) is 35.2 Å². The molecular formula is C3H9NOS. The molecule has 0 aromatic carbocycles. The van der Waals surface area contributed by atoms with Gasteiger partial charge in [0.05, 0.1) is 0 Å². The number of rotatable bonds is 2. The molecule has 0 fully saturated rings. The quantitative estimate of drug-likeness (QED) is 0.421. The lowest BCUT2D eigenvalue weighted by atomic mass is 10.6. The molecule has 0 bridgehead atoms. The van der Waals surface area contributed by atoms with Crippen LogP contribution in [0.2, 0.25) is 0 Å². The molecule has 2 N–H and O–H groups in total. The maximum atomic E-state index is 4.69. The lowest BCUT2D eigenvalue weighted by molar-refractivity contribution is 0.395. The smallest absolute Gasteiger partial charge is 0.0274 e. The van der Waals surface area contributed by atoms with E-state index in [1.807, 2.05) is 13.8 Å². The first-order valence-electron chi connectivity index (χ1n) is 1.79. The van der Waals surface area contributed by atoms with Gasteiger partial charge in [-0.3, -0.25) is 0 Å². The first kappa shape index (κ1) is 6.27. The average Bonchev–Trinajstić information content (AvgIpc) is 1.35. The molecule has 0 unspecified atom stereocenters. The van der Waals surface area contributed by atoms with Crippen molar-refractivity contribution in [3.05, 3.63) is 0 Å². The van der Waals surface area contributed by atoms with Crippen LogP contribution in [0, 0.1) is 0 Å². The van der Waals surface area contributed by atoms with Crippen LogP contribution in [-0.4, -0.2) is 5.25 Å². The van der Waals surface area contributed by atoms with Crippen molar-refractivity contribution in [1.82, 2.24) is 0 Å². The maximum absolute atomic E-state index is 4.69. The van der Waals surface area contributed by atoms with Crippen LogP contribution >= 0.6 is 12.0 Å². The van der Waals surface area contributed by atoms with Gasteiger partial charge in [-0.05, 0) is 0 Å². The Morgan fingerprint density at radius 3 is 2.17 bits per heavy atom. The molecule has 38 valence electrons. The third-order valence-corrected chi connectivity index (χ3v) is 0.744. The minimum absolute atomic E-state index is 0.468. The second-order valence-electron chi connectivity index (χ2n) is 1.24. The van der Waals surface area contributed by atoms with E-state index in [9.17, 15) is 0 Å². The standard InChI is InChI=1S/C3H9NOS/c1-3(2)6-5-4/h3H,4H2,1-2H3. The van der Waals surface area contributed by atoms with Crippen LogP contribution in [0.1, 0.15) is 13.8 Å². The summed E-state index contributed by atoms with van der Waals surface area (Å²) in [5.41, 5.74) is 0. The zero-order valence-corrected chi connectivity index (χ0v) is 4.79. The van der Waals surface area contributed by atoms with Crippen LogP contribution in [0.15, 0.2) is 0 Å². The molecule has 0 amide bonds. The molecular weight excluding hydrogens is 98.1 g/mol. The molecule has 2 nitrogen and oxygen atoms in total. The highest BCUT2D eigenvalue weighted by Crippen LogP contribution is 2.05. The van der Waals surface area contributed by atoms with Gasteiger partial charge < -0.3 is 0 Å². The van der Waals surface area contributed by atoms with Crippen molar-refractivity contribution in [1.29, 1.82) is 0 Å². The van der Waals surface area contributed by atoms with E-state index in [0.29, 0.717) is 5.25 Å². The molecule has 0 heterocycles. The fourth-order valence-corrected chi connectivity index (χ4v) is 0.333. The third kappa shape index (κ3) is 4.27. The molecule has 0 aliphatic carbocycles. The second-order valence-corrected chi connectivity index (χ2v) is 2.57. The second kappa shape index (κ2) is 3.46. The van der Waals surface area contributed by atoms with Gasteiger partial charge in [0.15, 0.2) is 0 Å². The molecule has 0 rings (SSSR count). The minimum atomic E-state index is 0.468. The Bertz CT molecular complexity index is 32.0. The molecule has 0 saturated carbocycles. The summed E-state index contributed by atoms with van der Waals surface area (Å²) in [4.78, 5) is 0. The highest BCUT2D eigenvalue weighted by Gasteiger charge is 1.88. The Morgan fingerprint density at radius 2 is 2.17 bits per heavy atom. The molecule has 0 aromatic rings. The van der Waals surface area contributed by atoms with Gasteiger partial charge in [0.25, 0.3) is 0 Å². The van der Waals surface area contributed by atoms with E-state index in [0.717, 1.165) is 0 Å². The van der Waals surface area contributed by atoms with Gasteiger partial charge in [0, 0.05) is 17.3 Å². The van der Waals surface area contributed by atoms with Gasteiger partial charge in [0.1, 0.15) is 0 Å². The number of hydrogen-bond donors (Lipinski definition) is 1. The third-order valence-electron chi connectivity index (χ3n) is 0.248. The summed E-state index contributed by atoms with van der Waals surface area (Å²) < 4.78 is 4.22. The highest BCUT2D eigenvalue weighted by molar-refractivity contribution is 7.95. The summed E-state index contributed by atoms with van der Waals surface area (Å²) in [6, 6.07) is 0. The van der Waals surface area contributed by atoms with Crippen LogP contribution in [0.5, 0.6) is 0 Å². The monoisotopic (exact) mass is 107 g/mol. The SMILES string of the molecule is CC(C)SON. The molecule has 0 radical (unpaired) electrons. The zero-order valence-electron chi connectivity index (χ0n) is 3.97. The van der Waals surface area contributed by atoms with Crippen molar-refractivity contribution < 1.29 is 4.28 Å². The summed E-state index contributed by atoms with van der Waals surface area (Å²) in [7, 11) is 0. The Kier molecular flexibility index (Phi) is 3.62. The Labute approximate surface area is 42.2 Å². The van der Waals surface area contributed by atoms with Crippen LogP contribution < -0.4 is 5.90 Å². The molecule has 0 saturated heterocycles. The van der Waals surface area contributed by atoms with Gasteiger partial charge in [-0.2, -0.15) is 0 Å². The van der Waals surface area contributed by atoms with E-state index in [4.69, 9.17) is 5.90 Å². The van der Waals surface area contributed by atoms with E-state index in [-0.39, 0.29) is 0 Å². The maximum Gasteiger partial charge on any atom is 0.0274 e. The zero-order chi connectivity index (χ0) is 4.99. The lowest BCUT2D eigenvalue weighted by Crippen LogP contribution is -1.94. The molecule has 0 spiro atoms. The van der Waals surface area contributed by atoms with Crippen molar-refractivity contribution in [2.75, 3.05) is 0 Å². The minimum Gasteiger partial charge on any atom is -0.234 e. The van der Waals surface area contributed by atoms with Gasteiger partial charge in [0.2, 0.25) is 0 Å². The van der Waals surface area contributed by atoms with Gasteiger partial charge in [-0.1, -0.05) is 13.8 Å². The van der Waals surface area contributed by atoms with E-state index in [1.165, 1.54) is 12.0 Å². The fraction of sp³-hybridized carbons (Fsp3) is 1.00. The van der Waals surface area contributed by atoms with E-state index in [1.54, 1.807) is 0 Å². The molecule has 6 heavy (non-hydrogen) atoms. The molecule has 0 aliphatic rings. The van der Waals surface area contributed by atoms with Crippen LogP contribution in [-0.2, 0) is 4.28 Å². The molecule has 0 aromatic heterocycles. The summed E-state index contributed by atoms with van der Waals surface area (Å²) >= 11 is 1.26. The van der Waals surface area contributed by atoms with Crippen LogP contribution in [0.3, 0.4) is 0 Å². The summed E-state index contributed by atoms with van der Waals surface area (Å²) in [5, 5.41) is 0.468. The van der Waals surface area contributed by atoms with Crippen LogP contribution in [0.25, 0.3) is 0 Å². The van der Waals surface area contributed by atoms with Crippen molar-refractivity contribution >= 4 is 12.0 Å². The van der Waals surface area contributed by atoms with Crippen molar-refractivity contribution in [2.24, 2.45) is 5.90 Å². The first-order valence-corrected chi connectivity index (χ1v) is 2.60. The van der Waals surface area contributed by atoms with Gasteiger partial charge >= 0.3 is 0 Å². The van der Waals surface area contributed by atoms with E-state index >= 15 is 0 Å². The largest absolute Gasteiger partial charge is 0.234 e. The number of nitrogens with two attached hydrogens (primary N) is 1. The normalized spacial score (nSPS) is 10.0. The Hall–Kier alpha value is 0.270. The summed E-state index contributed by atoms with van der Waals surface area (Å²) in [5.74, 6) is 4.69. The van der Waals surface area contributed by atoms with Crippen molar-refractivity contribution in [3.8, 4) is 0 Å². The van der Waals surface area contributed by atoms with E-state index in [2.05, 4.69) is 4.28 Å². The summed E-state index contributed by atoms with van der Waals surface area (Å²) in [6.07, 6.45) is 0. The summed E-state index contributed by atoms with van der Waals surface area (Å²) in [6.45, 7) is 4.02. The molecule has 0 atom stereocenters. The Morgan fingerprint density at radius 1 is 1.67 bits per heavy atom. The van der Waals surface area contributed by atoms with Crippen molar-refractivity contribution in [2.45, 2.75) is 19.1 Å². The first-order chi connectivity index (χ1) is 2.77. The average molecular weight is 107 g/mol. The predicted molar refractivity (Wildman–Crippen MR) is 28.0 cm³/mol. The fourth-order valence-electron chi connectivity index (χ4n) is 0.111. The molecule has 3 heteroatoms. The van der Waals surface area contributed by atoms with E-state index < -0.39 is 0 Å².